The molecule has 0 saturated heterocycles. The van der Waals surface area contributed by atoms with Crippen LogP contribution in [-0.2, 0) is 6.42 Å². The number of hydrogen-bond acceptors (Lipinski definition) is 3. The second-order valence-electron chi connectivity index (χ2n) is 4.43. The molecular formula is C15H15BrN2O2. The molecule has 1 aromatic heterocycles. The number of carbonyl (C=O) groups excluding carboxylic acids is 1. The summed E-state index contributed by atoms with van der Waals surface area (Å²) in [5, 5.41) is 12.2. The van der Waals surface area contributed by atoms with Gasteiger partial charge in [-0.1, -0.05) is 30.3 Å². The van der Waals surface area contributed by atoms with E-state index in [9.17, 15) is 9.90 Å². The molecule has 1 atom stereocenters. The molecular weight excluding hydrogens is 320 g/mol. The van der Waals surface area contributed by atoms with E-state index < -0.39 is 0 Å². The summed E-state index contributed by atoms with van der Waals surface area (Å²) in [6.45, 7) is -0.109. The number of halogens is 1. The van der Waals surface area contributed by atoms with Crippen molar-refractivity contribution in [1.82, 2.24) is 10.3 Å². The number of benzene rings is 1. The van der Waals surface area contributed by atoms with Gasteiger partial charge >= 0.3 is 0 Å². The number of carbonyl (C=O) groups is 1. The van der Waals surface area contributed by atoms with E-state index in [1.165, 1.54) is 6.20 Å². The Bertz CT molecular complexity index is 575. The smallest absolute Gasteiger partial charge is 0.253 e. The summed E-state index contributed by atoms with van der Waals surface area (Å²) >= 11 is 3.28. The molecule has 104 valence electrons. The van der Waals surface area contributed by atoms with Crippen LogP contribution in [0.2, 0.25) is 0 Å². The molecule has 0 saturated carbocycles. The average molecular weight is 335 g/mol. The Labute approximate surface area is 126 Å². The third-order valence-corrected chi connectivity index (χ3v) is 3.28. The first-order chi connectivity index (χ1) is 9.69. The molecule has 2 N–H and O–H groups in total. The molecule has 0 aliphatic carbocycles. The molecule has 0 spiro atoms. The van der Waals surface area contributed by atoms with Gasteiger partial charge in [0.2, 0.25) is 0 Å². The lowest BCUT2D eigenvalue weighted by molar-refractivity contribution is 0.0916. The van der Waals surface area contributed by atoms with Gasteiger partial charge in [0.25, 0.3) is 5.91 Å². The summed E-state index contributed by atoms with van der Waals surface area (Å²) in [4.78, 5) is 16.0. The van der Waals surface area contributed by atoms with Gasteiger partial charge in [0, 0.05) is 16.9 Å². The van der Waals surface area contributed by atoms with Crippen molar-refractivity contribution in [3.05, 3.63) is 64.4 Å². The van der Waals surface area contributed by atoms with Crippen LogP contribution < -0.4 is 5.32 Å². The van der Waals surface area contributed by atoms with Gasteiger partial charge < -0.3 is 10.4 Å². The highest BCUT2D eigenvalue weighted by Gasteiger charge is 2.14. The number of pyridine rings is 1. The first-order valence-corrected chi connectivity index (χ1v) is 7.04. The zero-order valence-electron chi connectivity index (χ0n) is 10.8. The highest BCUT2D eigenvalue weighted by atomic mass is 79.9. The van der Waals surface area contributed by atoms with E-state index in [-0.39, 0.29) is 18.6 Å². The van der Waals surface area contributed by atoms with Gasteiger partial charge in [-0.05, 0) is 34.0 Å². The van der Waals surface area contributed by atoms with Gasteiger partial charge in [0.15, 0.2) is 0 Å². The maximum Gasteiger partial charge on any atom is 0.253 e. The van der Waals surface area contributed by atoms with Crippen molar-refractivity contribution in [3.63, 3.8) is 0 Å². The van der Waals surface area contributed by atoms with Crippen LogP contribution in [0.1, 0.15) is 15.9 Å². The predicted octanol–water partition coefficient (Wildman–Crippen LogP) is 2.18. The normalized spacial score (nSPS) is 11.9. The zero-order chi connectivity index (χ0) is 14.4. The first kappa shape index (κ1) is 14.7. The Kier molecular flexibility index (Phi) is 5.26. The van der Waals surface area contributed by atoms with Crippen molar-refractivity contribution in [2.24, 2.45) is 0 Å². The van der Waals surface area contributed by atoms with Gasteiger partial charge in [0.05, 0.1) is 18.2 Å². The van der Waals surface area contributed by atoms with Gasteiger partial charge in [-0.3, -0.25) is 9.78 Å². The second kappa shape index (κ2) is 7.17. The molecule has 0 radical (unpaired) electrons. The van der Waals surface area contributed by atoms with Crippen LogP contribution >= 0.6 is 15.9 Å². The molecule has 0 aliphatic rings. The van der Waals surface area contributed by atoms with E-state index >= 15 is 0 Å². The molecule has 1 aromatic carbocycles. The third-order valence-electron chi connectivity index (χ3n) is 2.85. The number of nitrogens with one attached hydrogen (secondary N) is 1. The van der Waals surface area contributed by atoms with E-state index in [1.54, 1.807) is 12.3 Å². The molecule has 0 aliphatic heterocycles. The van der Waals surface area contributed by atoms with Gasteiger partial charge in [-0.25, -0.2) is 0 Å². The van der Waals surface area contributed by atoms with Crippen molar-refractivity contribution in [2.75, 3.05) is 6.61 Å². The van der Waals surface area contributed by atoms with E-state index in [1.807, 2.05) is 30.3 Å². The summed E-state index contributed by atoms with van der Waals surface area (Å²) in [6.07, 6.45) is 3.70. The second-order valence-corrected chi connectivity index (χ2v) is 5.35. The summed E-state index contributed by atoms with van der Waals surface area (Å²) in [7, 11) is 0. The Morgan fingerprint density at radius 2 is 2.05 bits per heavy atom. The largest absolute Gasteiger partial charge is 0.394 e. The quantitative estimate of drug-likeness (QED) is 0.880. The fraction of sp³-hybridized carbons (Fsp3) is 0.200. The van der Waals surface area contributed by atoms with Crippen LogP contribution in [0.5, 0.6) is 0 Å². The van der Waals surface area contributed by atoms with Gasteiger partial charge in [-0.2, -0.15) is 0 Å². The summed E-state index contributed by atoms with van der Waals surface area (Å²) in [6, 6.07) is 11.1. The minimum Gasteiger partial charge on any atom is -0.394 e. The standard InChI is InChI=1S/C15H15BrN2O2/c16-13-7-12(8-17-9-13)15(20)18-14(10-19)6-11-4-2-1-3-5-11/h1-5,7-9,14,19H,6,10H2,(H,18,20)/t14-/m1/s1. The number of aromatic nitrogens is 1. The third kappa shape index (κ3) is 4.15. The number of rotatable bonds is 5. The molecule has 1 heterocycles. The summed E-state index contributed by atoms with van der Waals surface area (Å²) in [5.41, 5.74) is 1.53. The van der Waals surface area contributed by atoms with Crippen LogP contribution in [0.3, 0.4) is 0 Å². The number of aliphatic hydroxyl groups excluding tert-OH is 1. The van der Waals surface area contributed by atoms with E-state index in [4.69, 9.17) is 0 Å². The number of amides is 1. The highest BCUT2D eigenvalue weighted by Crippen LogP contribution is 2.10. The molecule has 0 bridgehead atoms. The predicted molar refractivity (Wildman–Crippen MR) is 80.4 cm³/mol. The van der Waals surface area contributed by atoms with Crippen molar-refractivity contribution >= 4 is 21.8 Å². The molecule has 4 nitrogen and oxygen atoms in total. The van der Waals surface area contributed by atoms with Crippen molar-refractivity contribution < 1.29 is 9.90 Å². The van der Waals surface area contributed by atoms with Crippen LogP contribution in [0, 0.1) is 0 Å². The van der Waals surface area contributed by atoms with Crippen molar-refractivity contribution in [2.45, 2.75) is 12.5 Å². The molecule has 0 unspecified atom stereocenters. The lowest BCUT2D eigenvalue weighted by Gasteiger charge is -2.16. The van der Waals surface area contributed by atoms with Gasteiger partial charge in [0.1, 0.15) is 0 Å². The summed E-state index contributed by atoms with van der Waals surface area (Å²) < 4.78 is 0.744. The SMILES string of the molecule is O=C(N[C@@H](CO)Cc1ccccc1)c1cncc(Br)c1. The first-order valence-electron chi connectivity index (χ1n) is 6.25. The number of hydrogen-bond donors (Lipinski definition) is 2. The highest BCUT2D eigenvalue weighted by molar-refractivity contribution is 9.10. The van der Waals surface area contributed by atoms with Crippen molar-refractivity contribution in [1.29, 1.82) is 0 Å². The molecule has 2 aromatic rings. The average Bonchev–Trinajstić information content (AvgIpc) is 2.47. The minimum absolute atomic E-state index is 0.109. The molecule has 2 rings (SSSR count). The van der Waals surface area contributed by atoms with Crippen LogP contribution in [0.15, 0.2) is 53.3 Å². The molecule has 1 amide bonds. The summed E-state index contributed by atoms with van der Waals surface area (Å²) in [5.74, 6) is -0.242. The van der Waals surface area contributed by atoms with E-state index in [0.717, 1.165) is 10.0 Å². The number of nitrogens with zero attached hydrogens (tertiary/aromatic N) is 1. The van der Waals surface area contributed by atoms with Crippen molar-refractivity contribution in [3.8, 4) is 0 Å². The monoisotopic (exact) mass is 334 g/mol. The minimum atomic E-state index is -0.316. The van der Waals surface area contributed by atoms with E-state index in [0.29, 0.717) is 12.0 Å². The van der Waals surface area contributed by atoms with Crippen LogP contribution in [0.4, 0.5) is 0 Å². The molecule has 5 heteroatoms. The number of aliphatic hydroxyl groups is 1. The zero-order valence-corrected chi connectivity index (χ0v) is 12.4. The molecule has 20 heavy (non-hydrogen) atoms. The maximum atomic E-state index is 12.1. The Morgan fingerprint density at radius 1 is 1.30 bits per heavy atom. The Balaban J connectivity index is 2.01. The fourth-order valence-electron chi connectivity index (χ4n) is 1.86. The van der Waals surface area contributed by atoms with Crippen LogP contribution in [-0.4, -0.2) is 28.6 Å². The van der Waals surface area contributed by atoms with Gasteiger partial charge in [-0.15, -0.1) is 0 Å². The lowest BCUT2D eigenvalue weighted by Crippen LogP contribution is -2.39. The van der Waals surface area contributed by atoms with E-state index in [2.05, 4.69) is 26.2 Å². The Hall–Kier alpha value is -1.72. The lowest BCUT2D eigenvalue weighted by atomic mass is 10.1. The Morgan fingerprint density at radius 3 is 2.70 bits per heavy atom. The van der Waals surface area contributed by atoms with Crippen LogP contribution in [0.25, 0.3) is 0 Å². The fourth-order valence-corrected chi connectivity index (χ4v) is 2.23. The topological polar surface area (TPSA) is 62.2 Å². The molecule has 0 fully saturated rings. The maximum absolute atomic E-state index is 12.1.